The number of aromatic nitrogens is 2. The van der Waals surface area contributed by atoms with Crippen molar-refractivity contribution in [3.05, 3.63) is 35.2 Å². The molecular formula is C12H13ClN4O2. The van der Waals surface area contributed by atoms with Crippen molar-refractivity contribution in [3.8, 4) is 11.4 Å². The van der Waals surface area contributed by atoms with E-state index in [2.05, 4.69) is 20.8 Å². The van der Waals surface area contributed by atoms with Gasteiger partial charge in [-0.2, -0.15) is 4.98 Å². The maximum Gasteiger partial charge on any atom is 0.315 e. The van der Waals surface area contributed by atoms with Gasteiger partial charge in [0.2, 0.25) is 11.7 Å². The van der Waals surface area contributed by atoms with Gasteiger partial charge in [-0.05, 0) is 31.2 Å². The predicted octanol–water partition coefficient (Wildman–Crippen LogP) is 2.21. The number of nitrogens with one attached hydrogen (secondary N) is 2. The molecule has 0 atom stereocenters. The number of rotatable bonds is 4. The third kappa shape index (κ3) is 3.69. The summed E-state index contributed by atoms with van der Waals surface area (Å²) < 4.78 is 5.04. The van der Waals surface area contributed by atoms with Crippen molar-refractivity contribution in [2.24, 2.45) is 0 Å². The van der Waals surface area contributed by atoms with Crippen LogP contribution < -0.4 is 10.6 Å². The Morgan fingerprint density at radius 3 is 2.74 bits per heavy atom. The van der Waals surface area contributed by atoms with E-state index in [9.17, 15) is 4.79 Å². The van der Waals surface area contributed by atoms with Gasteiger partial charge in [0.15, 0.2) is 0 Å². The van der Waals surface area contributed by atoms with E-state index in [-0.39, 0.29) is 12.6 Å². The molecule has 0 aliphatic rings. The summed E-state index contributed by atoms with van der Waals surface area (Å²) in [6.45, 7) is 2.59. The Hall–Kier alpha value is -2.08. The van der Waals surface area contributed by atoms with Crippen LogP contribution >= 0.6 is 11.6 Å². The Labute approximate surface area is 115 Å². The summed E-state index contributed by atoms with van der Waals surface area (Å²) >= 11 is 5.80. The first-order valence-electron chi connectivity index (χ1n) is 5.79. The molecule has 0 fully saturated rings. The molecule has 2 aromatic rings. The van der Waals surface area contributed by atoms with Crippen LogP contribution in [0.3, 0.4) is 0 Å². The third-order valence-corrected chi connectivity index (χ3v) is 2.56. The Kier molecular flexibility index (Phi) is 4.35. The van der Waals surface area contributed by atoms with Crippen molar-refractivity contribution < 1.29 is 9.32 Å². The number of hydrogen-bond acceptors (Lipinski definition) is 4. The highest BCUT2D eigenvalue weighted by Crippen LogP contribution is 2.18. The SMILES string of the molecule is CCNC(=O)NCc1nc(-c2ccc(Cl)cc2)no1. The minimum atomic E-state index is -0.270. The van der Waals surface area contributed by atoms with Gasteiger partial charge in [-0.3, -0.25) is 0 Å². The van der Waals surface area contributed by atoms with Crippen LogP contribution in [0.15, 0.2) is 28.8 Å². The molecule has 0 aliphatic carbocycles. The van der Waals surface area contributed by atoms with E-state index in [1.807, 2.05) is 6.92 Å². The fourth-order valence-corrected chi connectivity index (χ4v) is 1.55. The fraction of sp³-hybridized carbons (Fsp3) is 0.250. The van der Waals surface area contributed by atoms with Crippen LogP contribution in [0.1, 0.15) is 12.8 Å². The normalized spacial score (nSPS) is 10.2. The molecule has 2 rings (SSSR count). The first kappa shape index (κ1) is 13.4. The van der Waals surface area contributed by atoms with E-state index in [0.717, 1.165) is 5.56 Å². The zero-order valence-corrected chi connectivity index (χ0v) is 11.1. The van der Waals surface area contributed by atoms with E-state index < -0.39 is 0 Å². The van der Waals surface area contributed by atoms with E-state index in [1.165, 1.54) is 0 Å². The first-order valence-corrected chi connectivity index (χ1v) is 6.17. The molecule has 0 aliphatic heterocycles. The topological polar surface area (TPSA) is 80.0 Å². The highest BCUT2D eigenvalue weighted by molar-refractivity contribution is 6.30. The third-order valence-electron chi connectivity index (χ3n) is 2.31. The summed E-state index contributed by atoms with van der Waals surface area (Å²) in [6, 6.07) is 6.83. The number of urea groups is 1. The molecule has 0 bridgehead atoms. The monoisotopic (exact) mass is 280 g/mol. The zero-order chi connectivity index (χ0) is 13.7. The van der Waals surface area contributed by atoms with Crippen molar-refractivity contribution in [2.75, 3.05) is 6.54 Å². The molecule has 0 spiro atoms. The summed E-state index contributed by atoms with van der Waals surface area (Å²) in [4.78, 5) is 15.4. The Morgan fingerprint density at radius 2 is 2.05 bits per heavy atom. The molecule has 100 valence electrons. The number of benzene rings is 1. The average Bonchev–Trinajstić information content (AvgIpc) is 2.86. The number of hydrogen-bond donors (Lipinski definition) is 2. The standard InChI is InChI=1S/C12H13ClN4O2/c1-2-14-12(18)15-7-10-16-11(17-19-10)8-3-5-9(13)6-4-8/h3-6H,2,7H2,1H3,(H2,14,15,18). The van der Waals surface area contributed by atoms with Crippen LogP contribution in [0.4, 0.5) is 4.79 Å². The summed E-state index contributed by atoms with van der Waals surface area (Å²) in [5, 5.41) is 9.70. The molecule has 2 N–H and O–H groups in total. The zero-order valence-electron chi connectivity index (χ0n) is 10.3. The molecule has 7 heteroatoms. The van der Waals surface area contributed by atoms with Gasteiger partial charge < -0.3 is 15.2 Å². The lowest BCUT2D eigenvalue weighted by Crippen LogP contribution is -2.34. The Bertz CT molecular complexity index is 553. The average molecular weight is 281 g/mol. The minimum Gasteiger partial charge on any atom is -0.338 e. The second-order valence-corrected chi connectivity index (χ2v) is 4.17. The molecule has 0 saturated carbocycles. The lowest BCUT2D eigenvalue weighted by molar-refractivity contribution is 0.239. The summed E-state index contributed by atoms with van der Waals surface area (Å²) in [7, 11) is 0. The van der Waals surface area contributed by atoms with Crippen LogP contribution in [-0.2, 0) is 6.54 Å². The van der Waals surface area contributed by atoms with E-state index in [4.69, 9.17) is 16.1 Å². The molecule has 1 heterocycles. The number of carbonyl (C=O) groups excluding carboxylic acids is 1. The molecule has 2 amide bonds. The molecule has 0 radical (unpaired) electrons. The second kappa shape index (κ2) is 6.19. The summed E-state index contributed by atoms with van der Waals surface area (Å²) in [6.07, 6.45) is 0. The number of amides is 2. The van der Waals surface area contributed by atoms with Gasteiger partial charge in [0.25, 0.3) is 0 Å². The Morgan fingerprint density at radius 1 is 1.32 bits per heavy atom. The second-order valence-electron chi connectivity index (χ2n) is 3.73. The van der Waals surface area contributed by atoms with Gasteiger partial charge in [0, 0.05) is 17.1 Å². The van der Waals surface area contributed by atoms with Crippen LogP contribution in [0, 0.1) is 0 Å². The van der Waals surface area contributed by atoms with E-state index >= 15 is 0 Å². The van der Waals surface area contributed by atoms with Gasteiger partial charge in [0.05, 0.1) is 6.54 Å². The van der Waals surface area contributed by atoms with Gasteiger partial charge in [-0.1, -0.05) is 16.8 Å². The lowest BCUT2D eigenvalue weighted by atomic mass is 10.2. The van der Waals surface area contributed by atoms with E-state index in [1.54, 1.807) is 24.3 Å². The largest absolute Gasteiger partial charge is 0.338 e. The lowest BCUT2D eigenvalue weighted by Gasteiger charge is -2.01. The van der Waals surface area contributed by atoms with Gasteiger partial charge in [0.1, 0.15) is 0 Å². The molecule has 6 nitrogen and oxygen atoms in total. The molecule has 1 aromatic heterocycles. The van der Waals surface area contributed by atoms with Crippen molar-refractivity contribution in [3.63, 3.8) is 0 Å². The molecule has 19 heavy (non-hydrogen) atoms. The summed E-state index contributed by atoms with van der Waals surface area (Å²) in [5.74, 6) is 0.806. The molecule has 1 aromatic carbocycles. The highest BCUT2D eigenvalue weighted by Gasteiger charge is 2.09. The smallest absolute Gasteiger partial charge is 0.315 e. The number of carbonyl (C=O) groups is 1. The van der Waals surface area contributed by atoms with Crippen molar-refractivity contribution in [2.45, 2.75) is 13.5 Å². The van der Waals surface area contributed by atoms with Crippen LogP contribution in [0.25, 0.3) is 11.4 Å². The fourth-order valence-electron chi connectivity index (χ4n) is 1.42. The summed E-state index contributed by atoms with van der Waals surface area (Å²) in [5.41, 5.74) is 0.803. The number of nitrogens with zero attached hydrogens (tertiary/aromatic N) is 2. The predicted molar refractivity (Wildman–Crippen MR) is 70.7 cm³/mol. The van der Waals surface area contributed by atoms with Crippen LogP contribution in [0.5, 0.6) is 0 Å². The molecular weight excluding hydrogens is 268 g/mol. The quantitative estimate of drug-likeness (QED) is 0.900. The minimum absolute atomic E-state index is 0.187. The molecule has 0 unspecified atom stereocenters. The molecule has 0 saturated heterocycles. The van der Waals surface area contributed by atoms with Gasteiger partial charge >= 0.3 is 6.03 Å². The maximum atomic E-state index is 11.2. The van der Waals surface area contributed by atoms with Crippen LogP contribution in [0.2, 0.25) is 5.02 Å². The van der Waals surface area contributed by atoms with Crippen molar-refractivity contribution in [1.29, 1.82) is 0 Å². The van der Waals surface area contributed by atoms with Crippen molar-refractivity contribution in [1.82, 2.24) is 20.8 Å². The first-order chi connectivity index (χ1) is 9.19. The Balaban J connectivity index is 1.99. The maximum absolute atomic E-state index is 11.2. The highest BCUT2D eigenvalue weighted by atomic mass is 35.5. The number of halogens is 1. The van der Waals surface area contributed by atoms with Crippen LogP contribution in [-0.4, -0.2) is 22.7 Å². The van der Waals surface area contributed by atoms with Crippen molar-refractivity contribution >= 4 is 17.6 Å². The van der Waals surface area contributed by atoms with E-state index in [0.29, 0.717) is 23.3 Å². The van der Waals surface area contributed by atoms with Gasteiger partial charge in [-0.25, -0.2) is 4.79 Å². The van der Waals surface area contributed by atoms with Gasteiger partial charge in [-0.15, -0.1) is 0 Å².